The Bertz CT molecular complexity index is 1490. The van der Waals surface area contributed by atoms with Crippen molar-refractivity contribution < 1.29 is 28.6 Å². The third-order valence-electron chi connectivity index (χ3n) is 12.8. The first kappa shape index (κ1) is 69.1. The van der Waals surface area contributed by atoms with Crippen LogP contribution in [0.2, 0.25) is 0 Å². The summed E-state index contributed by atoms with van der Waals surface area (Å²) in [5.41, 5.74) is 0. The van der Waals surface area contributed by atoms with Gasteiger partial charge in [0, 0.05) is 19.3 Å². The second-order valence-electron chi connectivity index (χ2n) is 19.9. The van der Waals surface area contributed by atoms with Gasteiger partial charge in [0.15, 0.2) is 6.10 Å². The molecule has 1 atom stereocenters. The molecule has 0 aliphatic carbocycles. The molecule has 0 bridgehead atoms. The maximum absolute atomic E-state index is 12.8. The van der Waals surface area contributed by atoms with Gasteiger partial charge in [-0.15, -0.1) is 0 Å². The third kappa shape index (κ3) is 58.8. The smallest absolute Gasteiger partial charge is 0.306 e. The third-order valence-corrected chi connectivity index (χ3v) is 12.8. The van der Waals surface area contributed by atoms with Crippen LogP contribution in [0.15, 0.2) is 109 Å². The molecule has 0 aliphatic rings. The molecule has 0 aromatic heterocycles. The molecule has 0 aromatic carbocycles. The van der Waals surface area contributed by atoms with Gasteiger partial charge in [0.2, 0.25) is 0 Å². The van der Waals surface area contributed by atoms with Gasteiger partial charge in [-0.3, -0.25) is 14.4 Å². The second kappa shape index (κ2) is 60.6. The van der Waals surface area contributed by atoms with E-state index in [1.807, 2.05) is 0 Å². The minimum atomic E-state index is -0.783. The molecular formula is C67H112O6. The van der Waals surface area contributed by atoms with Crippen LogP contribution in [-0.4, -0.2) is 37.2 Å². The predicted molar refractivity (Wildman–Crippen MR) is 316 cm³/mol. The lowest BCUT2D eigenvalue weighted by molar-refractivity contribution is -0.167. The summed E-state index contributed by atoms with van der Waals surface area (Å²) in [4.78, 5) is 38.0. The lowest BCUT2D eigenvalue weighted by atomic mass is 10.1. The number of carbonyl (C=O) groups excluding carboxylic acids is 3. The predicted octanol–water partition coefficient (Wildman–Crippen LogP) is 20.7. The number of unbranched alkanes of at least 4 members (excludes halogenated alkanes) is 25. The van der Waals surface area contributed by atoms with Crippen LogP contribution in [0.3, 0.4) is 0 Å². The van der Waals surface area contributed by atoms with Gasteiger partial charge >= 0.3 is 17.9 Å². The summed E-state index contributed by atoms with van der Waals surface area (Å²) in [6.45, 7) is 6.48. The molecule has 0 saturated carbocycles. The molecule has 416 valence electrons. The van der Waals surface area contributed by atoms with Gasteiger partial charge in [0.1, 0.15) is 13.2 Å². The van der Waals surface area contributed by atoms with Gasteiger partial charge in [-0.1, -0.05) is 259 Å². The van der Waals surface area contributed by atoms with Crippen LogP contribution in [0.25, 0.3) is 0 Å². The fourth-order valence-electron chi connectivity index (χ4n) is 8.22. The second-order valence-corrected chi connectivity index (χ2v) is 19.9. The highest BCUT2D eigenvalue weighted by Gasteiger charge is 2.19. The summed E-state index contributed by atoms with van der Waals surface area (Å²) >= 11 is 0. The zero-order valence-electron chi connectivity index (χ0n) is 47.6. The van der Waals surface area contributed by atoms with Crippen LogP contribution in [0, 0.1) is 0 Å². The molecule has 0 radical (unpaired) electrons. The number of ether oxygens (including phenoxy) is 3. The van der Waals surface area contributed by atoms with E-state index in [0.717, 1.165) is 128 Å². The zero-order chi connectivity index (χ0) is 52.9. The van der Waals surface area contributed by atoms with E-state index < -0.39 is 6.10 Å². The van der Waals surface area contributed by atoms with Gasteiger partial charge in [-0.05, 0) is 109 Å². The Labute approximate surface area is 450 Å². The largest absolute Gasteiger partial charge is 0.462 e. The van der Waals surface area contributed by atoms with Crippen LogP contribution >= 0.6 is 0 Å². The average Bonchev–Trinajstić information content (AvgIpc) is 3.39. The Hall–Kier alpha value is -3.93. The van der Waals surface area contributed by atoms with Crippen LogP contribution in [0.1, 0.15) is 278 Å². The van der Waals surface area contributed by atoms with E-state index in [1.54, 1.807) is 0 Å². The minimum absolute atomic E-state index is 0.0820. The molecule has 0 spiro atoms. The van der Waals surface area contributed by atoms with Crippen molar-refractivity contribution in [2.24, 2.45) is 0 Å². The minimum Gasteiger partial charge on any atom is -0.462 e. The molecule has 73 heavy (non-hydrogen) atoms. The Kier molecular flexibility index (Phi) is 57.4. The fourth-order valence-corrected chi connectivity index (χ4v) is 8.22. The lowest BCUT2D eigenvalue weighted by Crippen LogP contribution is -2.30. The van der Waals surface area contributed by atoms with Crippen molar-refractivity contribution in [3.63, 3.8) is 0 Å². The van der Waals surface area contributed by atoms with E-state index >= 15 is 0 Å². The topological polar surface area (TPSA) is 78.9 Å². The summed E-state index contributed by atoms with van der Waals surface area (Å²) in [6.07, 6.45) is 82.4. The Balaban J connectivity index is 4.17. The Morgan fingerprint density at radius 3 is 0.863 bits per heavy atom. The molecule has 0 N–H and O–H groups in total. The van der Waals surface area contributed by atoms with Crippen molar-refractivity contribution >= 4 is 17.9 Å². The zero-order valence-corrected chi connectivity index (χ0v) is 47.6. The first-order valence-corrected chi connectivity index (χ1v) is 30.4. The monoisotopic (exact) mass is 1010 g/mol. The molecule has 0 amide bonds. The van der Waals surface area contributed by atoms with Gasteiger partial charge in [0.05, 0.1) is 0 Å². The van der Waals surface area contributed by atoms with Crippen LogP contribution < -0.4 is 0 Å². The molecule has 0 rings (SSSR count). The fraction of sp³-hybridized carbons (Fsp3) is 0.687. The van der Waals surface area contributed by atoms with E-state index in [4.69, 9.17) is 14.2 Å². The quantitative estimate of drug-likeness (QED) is 0.0261. The number of carbonyl (C=O) groups is 3. The van der Waals surface area contributed by atoms with E-state index in [0.29, 0.717) is 19.3 Å². The maximum atomic E-state index is 12.8. The standard InChI is InChI=1S/C67H112O6/c1-4-7-10-13-16-19-21-23-24-25-26-27-28-29-30-31-32-33-34-35-36-37-38-39-40-41-42-44-45-48-51-54-57-60-66(69)72-63-64(62-71-65(68)59-56-53-50-47-18-15-12-9-6-3)73-67(70)61-58-55-52-49-46-43-22-20-17-14-11-8-5-2/h7,10,16,19-20,22-24,26-27,29-30,32-33,35-36,38-39,64H,4-6,8-9,11-15,17-18,21,25,28,31,34,37,40-63H2,1-3H3/b10-7-,19-16-,22-20-,24-23-,27-26-,30-29-,33-32-,36-35-,39-38-. The van der Waals surface area contributed by atoms with Gasteiger partial charge in [-0.25, -0.2) is 0 Å². The Morgan fingerprint density at radius 1 is 0.288 bits per heavy atom. The van der Waals surface area contributed by atoms with Crippen molar-refractivity contribution in [1.82, 2.24) is 0 Å². The van der Waals surface area contributed by atoms with Crippen LogP contribution in [-0.2, 0) is 28.6 Å². The first-order valence-electron chi connectivity index (χ1n) is 30.4. The van der Waals surface area contributed by atoms with Gasteiger partial charge in [0.25, 0.3) is 0 Å². The number of hydrogen-bond donors (Lipinski definition) is 0. The van der Waals surface area contributed by atoms with E-state index in [2.05, 4.69) is 130 Å². The number of esters is 3. The normalized spacial score (nSPS) is 12.9. The number of hydrogen-bond acceptors (Lipinski definition) is 6. The number of rotatable bonds is 54. The molecule has 0 saturated heterocycles. The first-order chi connectivity index (χ1) is 36.0. The van der Waals surface area contributed by atoms with Crippen molar-refractivity contribution in [3.8, 4) is 0 Å². The summed E-state index contributed by atoms with van der Waals surface area (Å²) in [5, 5.41) is 0. The highest BCUT2D eigenvalue weighted by molar-refractivity contribution is 5.71. The van der Waals surface area contributed by atoms with Gasteiger partial charge in [-0.2, -0.15) is 0 Å². The molecule has 0 aliphatic heterocycles. The van der Waals surface area contributed by atoms with Crippen LogP contribution in [0.5, 0.6) is 0 Å². The summed E-state index contributed by atoms with van der Waals surface area (Å²) in [7, 11) is 0. The molecular weight excluding hydrogens is 901 g/mol. The molecule has 1 unspecified atom stereocenters. The van der Waals surface area contributed by atoms with Gasteiger partial charge < -0.3 is 14.2 Å². The van der Waals surface area contributed by atoms with Crippen molar-refractivity contribution in [2.75, 3.05) is 13.2 Å². The summed E-state index contributed by atoms with van der Waals surface area (Å²) in [6, 6.07) is 0. The average molecular weight is 1010 g/mol. The van der Waals surface area contributed by atoms with E-state index in [-0.39, 0.29) is 31.1 Å². The highest BCUT2D eigenvalue weighted by Crippen LogP contribution is 2.15. The summed E-state index contributed by atoms with van der Waals surface area (Å²) in [5.74, 6) is -0.900. The molecule has 0 heterocycles. The van der Waals surface area contributed by atoms with Crippen molar-refractivity contribution in [3.05, 3.63) is 109 Å². The van der Waals surface area contributed by atoms with E-state index in [1.165, 1.54) is 109 Å². The number of allylic oxidation sites excluding steroid dienone is 18. The van der Waals surface area contributed by atoms with Crippen molar-refractivity contribution in [1.29, 1.82) is 0 Å². The molecule has 6 heteroatoms. The molecule has 0 aromatic rings. The SMILES string of the molecule is CC/C=C\C/C=C\C/C=C\C/C=C\C/C=C\C/C=C\C/C=C\C/C=C\CCCCCCCCCCC(=O)OCC(COC(=O)CCCCCCCCCCC)OC(=O)CCCCCCC/C=C\CCCCCC. The lowest BCUT2D eigenvalue weighted by Gasteiger charge is -2.18. The maximum Gasteiger partial charge on any atom is 0.306 e. The Morgan fingerprint density at radius 2 is 0.534 bits per heavy atom. The van der Waals surface area contributed by atoms with Crippen LogP contribution in [0.4, 0.5) is 0 Å². The molecule has 0 fully saturated rings. The summed E-state index contributed by atoms with van der Waals surface area (Å²) < 4.78 is 16.8. The van der Waals surface area contributed by atoms with Crippen molar-refractivity contribution in [2.45, 2.75) is 284 Å². The highest BCUT2D eigenvalue weighted by atomic mass is 16.6. The molecule has 6 nitrogen and oxygen atoms in total. The van der Waals surface area contributed by atoms with E-state index in [9.17, 15) is 14.4 Å².